The molecule has 0 unspecified atom stereocenters. The van der Waals surface area contributed by atoms with Crippen molar-refractivity contribution in [2.75, 3.05) is 19.0 Å². The van der Waals surface area contributed by atoms with Gasteiger partial charge in [0.25, 0.3) is 0 Å². The van der Waals surface area contributed by atoms with Crippen LogP contribution in [0.5, 0.6) is 0 Å². The van der Waals surface area contributed by atoms with Crippen LogP contribution in [0.25, 0.3) is 6.08 Å². The number of hydrogen-bond acceptors (Lipinski definition) is 3. The fraction of sp³-hybridized carbons (Fsp3) is 0.389. The SMILES string of the molecule is CN(C)c1ccc(C(C)(C)Cc2cc(C(=O)C=Cc3ccc(C(=O)O)cc3)cc3c2C(C)(C)CCC3(C)C)cc1. The van der Waals surface area contributed by atoms with Crippen molar-refractivity contribution in [1.82, 2.24) is 0 Å². The summed E-state index contributed by atoms with van der Waals surface area (Å²) in [5.74, 6) is -1.01. The van der Waals surface area contributed by atoms with Crippen LogP contribution in [-0.4, -0.2) is 31.0 Å². The van der Waals surface area contributed by atoms with Gasteiger partial charge in [0.05, 0.1) is 5.56 Å². The molecule has 1 N–H and O–H groups in total. The fourth-order valence-electron chi connectivity index (χ4n) is 6.00. The Labute approximate surface area is 239 Å². The molecule has 4 rings (SSSR count). The van der Waals surface area contributed by atoms with Crippen LogP contribution in [0.3, 0.4) is 0 Å². The minimum Gasteiger partial charge on any atom is -0.478 e. The summed E-state index contributed by atoms with van der Waals surface area (Å²) >= 11 is 0. The smallest absolute Gasteiger partial charge is 0.335 e. The lowest BCUT2D eigenvalue weighted by Crippen LogP contribution is -2.36. The molecule has 4 heteroatoms. The predicted octanol–water partition coefficient (Wildman–Crippen LogP) is 8.22. The lowest BCUT2D eigenvalue weighted by molar-refractivity contribution is 0.0696. The highest BCUT2D eigenvalue weighted by atomic mass is 16.4. The molecule has 0 radical (unpaired) electrons. The number of carbonyl (C=O) groups is 2. The molecule has 0 amide bonds. The summed E-state index contributed by atoms with van der Waals surface area (Å²) in [7, 11) is 4.11. The molecule has 1 aliphatic carbocycles. The van der Waals surface area contributed by atoms with E-state index in [9.17, 15) is 9.59 Å². The number of carbonyl (C=O) groups excluding carboxylic acids is 1. The lowest BCUT2D eigenvalue weighted by atomic mass is 9.60. The average molecular weight is 538 g/mol. The highest BCUT2D eigenvalue weighted by Gasteiger charge is 2.40. The van der Waals surface area contributed by atoms with E-state index in [-0.39, 0.29) is 27.6 Å². The number of ketones is 1. The Bertz CT molecular complexity index is 1440. The van der Waals surface area contributed by atoms with Crippen LogP contribution in [0.1, 0.15) is 103 Å². The van der Waals surface area contributed by atoms with Crippen molar-refractivity contribution in [3.05, 3.63) is 106 Å². The summed E-state index contributed by atoms with van der Waals surface area (Å²) in [5, 5.41) is 9.16. The van der Waals surface area contributed by atoms with Crippen LogP contribution in [0.2, 0.25) is 0 Å². The molecule has 40 heavy (non-hydrogen) atoms. The highest BCUT2D eigenvalue weighted by Crippen LogP contribution is 2.48. The monoisotopic (exact) mass is 537 g/mol. The molecular weight excluding hydrogens is 494 g/mol. The van der Waals surface area contributed by atoms with E-state index in [0.717, 1.165) is 24.8 Å². The quantitative estimate of drug-likeness (QED) is 0.232. The third-order valence-electron chi connectivity index (χ3n) is 8.67. The molecule has 3 aromatic rings. The van der Waals surface area contributed by atoms with E-state index in [1.807, 2.05) is 0 Å². The standard InChI is InChI=1S/C36H43NO3/c1-34(2)19-20-35(3,4)32-27(23-36(5,6)28-14-16-29(17-15-28)37(7)8)21-26(22-30(32)34)31(38)18-11-24-9-12-25(13-10-24)33(39)40/h9-18,21-22H,19-20,23H2,1-8H3,(H,39,40). The molecule has 0 atom stereocenters. The fourth-order valence-corrected chi connectivity index (χ4v) is 6.00. The van der Waals surface area contributed by atoms with Gasteiger partial charge in [0.1, 0.15) is 0 Å². The molecule has 0 saturated heterocycles. The molecule has 0 saturated carbocycles. The summed E-state index contributed by atoms with van der Waals surface area (Å²) in [5.41, 5.74) is 7.98. The van der Waals surface area contributed by atoms with Gasteiger partial charge >= 0.3 is 5.97 Å². The van der Waals surface area contributed by atoms with E-state index in [0.29, 0.717) is 5.56 Å². The van der Waals surface area contributed by atoms with Gasteiger partial charge < -0.3 is 10.0 Å². The number of aromatic carboxylic acids is 1. The Morgan fingerprint density at radius 2 is 1.48 bits per heavy atom. The Morgan fingerprint density at radius 3 is 2.05 bits per heavy atom. The van der Waals surface area contributed by atoms with Gasteiger partial charge in [0.2, 0.25) is 0 Å². The van der Waals surface area contributed by atoms with E-state index in [1.54, 1.807) is 36.4 Å². The third-order valence-corrected chi connectivity index (χ3v) is 8.67. The second-order valence-electron chi connectivity index (χ2n) is 13.5. The van der Waals surface area contributed by atoms with Crippen LogP contribution in [0, 0.1) is 0 Å². The molecule has 0 aliphatic heterocycles. The second-order valence-corrected chi connectivity index (χ2v) is 13.5. The summed E-state index contributed by atoms with van der Waals surface area (Å²) < 4.78 is 0. The number of hydrogen-bond donors (Lipinski definition) is 1. The van der Waals surface area contributed by atoms with Gasteiger partial charge in [-0.05, 0) is 106 Å². The predicted molar refractivity (Wildman–Crippen MR) is 166 cm³/mol. The van der Waals surface area contributed by atoms with Crippen molar-refractivity contribution in [2.24, 2.45) is 0 Å². The number of nitrogens with zero attached hydrogens (tertiary/aromatic N) is 1. The van der Waals surface area contributed by atoms with Gasteiger partial charge in [-0.25, -0.2) is 4.79 Å². The molecule has 210 valence electrons. The van der Waals surface area contributed by atoms with Gasteiger partial charge in [-0.15, -0.1) is 0 Å². The van der Waals surface area contributed by atoms with E-state index >= 15 is 0 Å². The van der Waals surface area contributed by atoms with Crippen LogP contribution < -0.4 is 4.90 Å². The third kappa shape index (κ3) is 6.06. The first-order chi connectivity index (χ1) is 18.6. The van der Waals surface area contributed by atoms with Gasteiger partial charge in [0.15, 0.2) is 5.78 Å². The number of carboxylic acids is 1. The minimum absolute atomic E-state index is 0.0222. The number of carboxylic acid groups (broad SMARTS) is 1. The largest absolute Gasteiger partial charge is 0.478 e. The van der Waals surface area contributed by atoms with Crippen molar-refractivity contribution in [3.8, 4) is 0 Å². The Kier molecular flexibility index (Phi) is 7.86. The first-order valence-corrected chi connectivity index (χ1v) is 14.1. The Balaban J connectivity index is 1.76. The van der Waals surface area contributed by atoms with Crippen molar-refractivity contribution in [3.63, 3.8) is 0 Å². The molecule has 0 bridgehead atoms. The summed E-state index contributed by atoms with van der Waals surface area (Å²) in [4.78, 5) is 26.8. The van der Waals surface area contributed by atoms with Gasteiger partial charge in [-0.2, -0.15) is 0 Å². The molecule has 0 heterocycles. The minimum atomic E-state index is -0.963. The summed E-state index contributed by atoms with van der Waals surface area (Å²) in [6, 6.07) is 19.6. The van der Waals surface area contributed by atoms with Crippen molar-refractivity contribution < 1.29 is 14.7 Å². The van der Waals surface area contributed by atoms with Crippen molar-refractivity contribution in [2.45, 2.75) is 77.0 Å². The zero-order chi connectivity index (χ0) is 29.5. The number of allylic oxidation sites excluding steroid dienone is 1. The van der Waals surface area contributed by atoms with E-state index in [4.69, 9.17) is 5.11 Å². The van der Waals surface area contributed by atoms with E-state index < -0.39 is 5.97 Å². The van der Waals surface area contributed by atoms with Crippen molar-refractivity contribution in [1.29, 1.82) is 0 Å². The molecule has 0 spiro atoms. The first-order valence-electron chi connectivity index (χ1n) is 14.1. The molecule has 4 nitrogen and oxygen atoms in total. The van der Waals surface area contributed by atoms with E-state index in [1.165, 1.54) is 27.9 Å². The summed E-state index contributed by atoms with van der Waals surface area (Å²) in [6.07, 6.45) is 6.38. The maximum absolute atomic E-state index is 13.6. The molecule has 0 aromatic heterocycles. The molecule has 3 aromatic carbocycles. The normalized spacial score (nSPS) is 16.0. The van der Waals surface area contributed by atoms with Gasteiger partial charge in [-0.3, -0.25) is 4.79 Å². The maximum atomic E-state index is 13.6. The average Bonchev–Trinajstić information content (AvgIpc) is 2.89. The van der Waals surface area contributed by atoms with Crippen LogP contribution in [0.4, 0.5) is 5.69 Å². The zero-order valence-electron chi connectivity index (χ0n) is 25.3. The highest BCUT2D eigenvalue weighted by molar-refractivity contribution is 6.07. The zero-order valence-corrected chi connectivity index (χ0v) is 25.3. The lowest BCUT2D eigenvalue weighted by Gasteiger charge is -2.44. The molecule has 0 fully saturated rings. The van der Waals surface area contributed by atoms with Crippen molar-refractivity contribution >= 4 is 23.5 Å². The van der Waals surface area contributed by atoms with E-state index in [2.05, 4.69) is 96.9 Å². The van der Waals surface area contributed by atoms with Gasteiger partial charge in [-0.1, -0.05) is 71.9 Å². The number of fused-ring (bicyclic) bond motifs is 1. The Morgan fingerprint density at radius 1 is 0.875 bits per heavy atom. The number of benzene rings is 3. The molecular formula is C36H43NO3. The number of rotatable bonds is 8. The van der Waals surface area contributed by atoms with Gasteiger partial charge in [0, 0.05) is 25.3 Å². The van der Waals surface area contributed by atoms with Crippen LogP contribution >= 0.6 is 0 Å². The topological polar surface area (TPSA) is 57.6 Å². The second kappa shape index (κ2) is 10.7. The molecule has 1 aliphatic rings. The maximum Gasteiger partial charge on any atom is 0.335 e. The van der Waals surface area contributed by atoms with Crippen LogP contribution in [0.15, 0.2) is 66.7 Å². The first kappa shape index (κ1) is 29.3. The Hall–Kier alpha value is -3.66. The summed E-state index contributed by atoms with van der Waals surface area (Å²) in [6.45, 7) is 13.9. The number of anilines is 1. The van der Waals surface area contributed by atoms with Crippen LogP contribution in [-0.2, 0) is 22.7 Å².